The van der Waals surface area contributed by atoms with Gasteiger partial charge in [-0.15, -0.1) is 0 Å². The summed E-state index contributed by atoms with van der Waals surface area (Å²) in [5.41, 5.74) is 0. The molecule has 0 spiro atoms. The SMILES string of the molecule is O=C(O)CN(C(=O)NCCC1CCCCO1)C1CC1. The maximum absolute atomic E-state index is 11.9. The lowest BCUT2D eigenvalue weighted by Crippen LogP contribution is -2.44. The Labute approximate surface area is 113 Å². The van der Waals surface area contributed by atoms with Gasteiger partial charge in [-0.25, -0.2) is 4.79 Å². The minimum atomic E-state index is -0.960. The molecule has 2 N–H and O–H groups in total. The Morgan fingerprint density at radius 1 is 1.26 bits per heavy atom. The molecular formula is C13H22N2O4. The zero-order valence-corrected chi connectivity index (χ0v) is 11.1. The van der Waals surface area contributed by atoms with Crippen LogP contribution in [0.1, 0.15) is 38.5 Å². The number of aliphatic carboxylic acids is 1. The molecule has 19 heavy (non-hydrogen) atoms. The fraction of sp³-hybridized carbons (Fsp3) is 0.846. The zero-order chi connectivity index (χ0) is 13.7. The highest BCUT2D eigenvalue weighted by molar-refractivity contribution is 5.80. The van der Waals surface area contributed by atoms with Crippen LogP contribution in [0.15, 0.2) is 0 Å². The normalized spacial score (nSPS) is 22.8. The smallest absolute Gasteiger partial charge is 0.323 e. The van der Waals surface area contributed by atoms with Gasteiger partial charge < -0.3 is 20.1 Å². The van der Waals surface area contributed by atoms with Crippen LogP contribution in [0.4, 0.5) is 4.79 Å². The first kappa shape index (κ1) is 14.1. The second-order valence-electron chi connectivity index (χ2n) is 5.26. The lowest BCUT2D eigenvalue weighted by Gasteiger charge is -2.24. The van der Waals surface area contributed by atoms with Crippen molar-refractivity contribution in [1.82, 2.24) is 10.2 Å². The number of carbonyl (C=O) groups excluding carboxylic acids is 1. The summed E-state index contributed by atoms with van der Waals surface area (Å²) in [5, 5.41) is 11.6. The minimum absolute atomic E-state index is 0.113. The third-order valence-electron chi connectivity index (χ3n) is 3.57. The van der Waals surface area contributed by atoms with Crippen LogP contribution < -0.4 is 5.32 Å². The molecule has 0 aromatic heterocycles. The van der Waals surface area contributed by atoms with Crippen molar-refractivity contribution in [2.45, 2.75) is 50.7 Å². The molecule has 1 aliphatic heterocycles. The molecule has 1 heterocycles. The van der Waals surface area contributed by atoms with E-state index in [-0.39, 0.29) is 24.7 Å². The number of ether oxygens (including phenoxy) is 1. The molecule has 6 heteroatoms. The molecule has 2 fully saturated rings. The third kappa shape index (κ3) is 4.70. The molecule has 6 nitrogen and oxygen atoms in total. The molecule has 0 radical (unpaired) electrons. The number of rotatable bonds is 6. The van der Waals surface area contributed by atoms with E-state index in [4.69, 9.17) is 9.84 Å². The van der Waals surface area contributed by atoms with Crippen LogP contribution in [-0.4, -0.2) is 53.8 Å². The number of nitrogens with zero attached hydrogens (tertiary/aromatic N) is 1. The number of urea groups is 1. The van der Waals surface area contributed by atoms with Gasteiger partial charge in [-0.3, -0.25) is 4.79 Å². The van der Waals surface area contributed by atoms with E-state index in [0.29, 0.717) is 6.54 Å². The Morgan fingerprint density at radius 3 is 2.63 bits per heavy atom. The van der Waals surface area contributed by atoms with Crippen LogP contribution >= 0.6 is 0 Å². The molecule has 1 saturated heterocycles. The average Bonchev–Trinajstić information content (AvgIpc) is 3.21. The first-order chi connectivity index (χ1) is 9.16. The first-order valence-electron chi connectivity index (χ1n) is 7.04. The number of nitrogens with one attached hydrogen (secondary N) is 1. The lowest BCUT2D eigenvalue weighted by molar-refractivity contribution is -0.137. The second kappa shape index (κ2) is 6.75. The number of carboxylic acids is 1. The summed E-state index contributed by atoms with van der Waals surface area (Å²) in [7, 11) is 0. The van der Waals surface area contributed by atoms with E-state index in [1.165, 1.54) is 11.3 Å². The van der Waals surface area contributed by atoms with E-state index in [2.05, 4.69) is 5.32 Å². The van der Waals surface area contributed by atoms with Gasteiger partial charge in [0.25, 0.3) is 0 Å². The summed E-state index contributed by atoms with van der Waals surface area (Å²) in [5.74, 6) is -0.960. The van der Waals surface area contributed by atoms with Crippen LogP contribution in [0.25, 0.3) is 0 Å². The largest absolute Gasteiger partial charge is 0.480 e. The Hall–Kier alpha value is -1.30. The van der Waals surface area contributed by atoms with Gasteiger partial charge in [0.15, 0.2) is 0 Å². The predicted molar refractivity (Wildman–Crippen MR) is 69.0 cm³/mol. The van der Waals surface area contributed by atoms with Crippen molar-refractivity contribution < 1.29 is 19.4 Å². The van der Waals surface area contributed by atoms with Gasteiger partial charge in [-0.2, -0.15) is 0 Å². The topological polar surface area (TPSA) is 78.9 Å². The number of carboxylic acid groups (broad SMARTS) is 1. The molecule has 1 atom stereocenters. The van der Waals surface area contributed by atoms with Gasteiger partial charge in [-0.1, -0.05) is 0 Å². The van der Waals surface area contributed by atoms with Gasteiger partial charge >= 0.3 is 12.0 Å². The lowest BCUT2D eigenvalue weighted by atomic mass is 10.1. The summed E-state index contributed by atoms with van der Waals surface area (Å²) in [6.45, 7) is 1.15. The molecule has 0 bridgehead atoms. The van der Waals surface area contributed by atoms with E-state index < -0.39 is 5.97 Å². The average molecular weight is 270 g/mol. The summed E-state index contributed by atoms with van der Waals surface area (Å²) in [4.78, 5) is 24.1. The molecule has 108 valence electrons. The molecule has 2 aliphatic rings. The highest BCUT2D eigenvalue weighted by atomic mass is 16.5. The molecule has 2 rings (SSSR count). The highest BCUT2D eigenvalue weighted by Gasteiger charge is 2.33. The van der Waals surface area contributed by atoms with Crippen LogP contribution in [0.5, 0.6) is 0 Å². The van der Waals surface area contributed by atoms with Gasteiger partial charge in [0.2, 0.25) is 0 Å². The molecular weight excluding hydrogens is 248 g/mol. The number of hydrogen-bond donors (Lipinski definition) is 2. The summed E-state index contributed by atoms with van der Waals surface area (Å²) < 4.78 is 5.59. The van der Waals surface area contributed by atoms with Gasteiger partial charge in [0.05, 0.1) is 6.10 Å². The predicted octanol–water partition coefficient (Wildman–Crippen LogP) is 1.20. The highest BCUT2D eigenvalue weighted by Crippen LogP contribution is 2.26. The third-order valence-corrected chi connectivity index (χ3v) is 3.57. The van der Waals surface area contributed by atoms with Crippen molar-refractivity contribution in [3.05, 3.63) is 0 Å². The maximum Gasteiger partial charge on any atom is 0.323 e. The van der Waals surface area contributed by atoms with Crippen LogP contribution in [-0.2, 0) is 9.53 Å². The maximum atomic E-state index is 11.9. The van der Waals surface area contributed by atoms with Gasteiger partial charge in [-0.05, 0) is 38.5 Å². The first-order valence-corrected chi connectivity index (χ1v) is 7.04. The molecule has 0 aromatic rings. The van der Waals surface area contributed by atoms with Crippen molar-refractivity contribution in [2.75, 3.05) is 19.7 Å². The van der Waals surface area contributed by atoms with Crippen molar-refractivity contribution in [3.63, 3.8) is 0 Å². The summed E-state index contributed by atoms with van der Waals surface area (Å²) >= 11 is 0. The van der Waals surface area contributed by atoms with Crippen LogP contribution in [0.2, 0.25) is 0 Å². The zero-order valence-electron chi connectivity index (χ0n) is 11.1. The standard InChI is InChI=1S/C13H22N2O4/c16-12(17)9-15(10-4-5-10)13(18)14-7-6-11-3-1-2-8-19-11/h10-11H,1-9H2,(H,14,18)(H,16,17). The van der Waals surface area contributed by atoms with Gasteiger partial charge in [0.1, 0.15) is 6.54 Å². The molecule has 0 aromatic carbocycles. The fourth-order valence-corrected chi connectivity index (χ4v) is 2.38. The monoisotopic (exact) mass is 270 g/mol. The molecule has 1 aliphatic carbocycles. The Kier molecular flexibility index (Phi) is 5.01. The second-order valence-corrected chi connectivity index (χ2v) is 5.26. The molecule has 1 saturated carbocycles. The van der Waals surface area contributed by atoms with Crippen LogP contribution in [0, 0.1) is 0 Å². The van der Waals surface area contributed by atoms with E-state index in [0.717, 1.165) is 38.7 Å². The van der Waals surface area contributed by atoms with E-state index in [1.807, 2.05) is 0 Å². The Bertz CT molecular complexity index is 325. The van der Waals surface area contributed by atoms with E-state index in [1.54, 1.807) is 0 Å². The van der Waals surface area contributed by atoms with Crippen LogP contribution in [0.3, 0.4) is 0 Å². The number of hydrogen-bond acceptors (Lipinski definition) is 3. The van der Waals surface area contributed by atoms with Crippen molar-refractivity contribution in [1.29, 1.82) is 0 Å². The van der Waals surface area contributed by atoms with Gasteiger partial charge in [0, 0.05) is 19.2 Å². The quantitative estimate of drug-likeness (QED) is 0.760. The number of carbonyl (C=O) groups is 2. The fourth-order valence-electron chi connectivity index (χ4n) is 2.38. The Balaban J connectivity index is 1.68. The van der Waals surface area contributed by atoms with E-state index in [9.17, 15) is 9.59 Å². The summed E-state index contributed by atoms with van der Waals surface area (Å²) in [6.07, 6.45) is 6.22. The van der Waals surface area contributed by atoms with Crippen molar-refractivity contribution in [3.8, 4) is 0 Å². The van der Waals surface area contributed by atoms with Crippen molar-refractivity contribution in [2.24, 2.45) is 0 Å². The number of amides is 2. The Morgan fingerprint density at radius 2 is 2.05 bits per heavy atom. The van der Waals surface area contributed by atoms with E-state index >= 15 is 0 Å². The molecule has 2 amide bonds. The molecule has 1 unspecified atom stereocenters. The minimum Gasteiger partial charge on any atom is -0.480 e. The van der Waals surface area contributed by atoms with Crippen molar-refractivity contribution >= 4 is 12.0 Å². The summed E-state index contributed by atoms with van der Waals surface area (Å²) in [6, 6.07) is -0.150.